The summed E-state index contributed by atoms with van der Waals surface area (Å²) >= 11 is 5.74. The first-order chi connectivity index (χ1) is 23.2. The molecule has 3 aromatic rings. The van der Waals surface area contributed by atoms with Gasteiger partial charge in [0.15, 0.2) is 5.82 Å². The van der Waals surface area contributed by atoms with Crippen LogP contribution in [0.4, 0.5) is 30.8 Å². The minimum Gasteiger partial charge on any atom is -0.494 e. The maximum Gasteiger partial charge on any atom is 0.407 e. The van der Waals surface area contributed by atoms with Gasteiger partial charge in [0.25, 0.3) is 0 Å². The van der Waals surface area contributed by atoms with Gasteiger partial charge in [-0.1, -0.05) is 53.1 Å². The number of amides is 4. The fraction of sp³-hybridized carbons (Fsp3) is 0.471. The zero-order valence-electron chi connectivity index (χ0n) is 29.2. The predicted molar refractivity (Wildman–Crippen MR) is 185 cm³/mol. The Morgan fingerprint density at radius 2 is 1.78 bits per heavy atom. The topological polar surface area (TPSA) is 166 Å². The summed E-state index contributed by atoms with van der Waals surface area (Å²) in [7, 11) is 2.71. The first-order valence-corrected chi connectivity index (χ1v) is 16.2. The van der Waals surface area contributed by atoms with E-state index in [2.05, 4.69) is 25.9 Å². The molecule has 50 heavy (non-hydrogen) atoms. The summed E-state index contributed by atoms with van der Waals surface area (Å²) < 4.78 is 33.9. The average Bonchev–Trinajstić information content (AvgIpc) is 3.00. The molecule has 1 saturated heterocycles. The number of carbonyl (C=O) groups is 4. The Morgan fingerprint density at radius 1 is 1.10 bits per heavy atom. The highest BCUT2D eigenvalue weighted by atomic mass is 35.5. The molecule has 4 amide bonds. The number of hydrogen-bond acceptors (Lipinski definition) is 8. The number of nitrogens with one attached hydrogen (secondary N) is 3. The molecule has 2 aromatic carbocycles. The van der Waals surface area contributed by atoms with Crippen LogP contribution >= 0.6 is 11.6 Å². The van der Waals surface area contributed by atoms with Crippen molar-refractivity contribution in [2.45, 2.75) is 72.5 Å². The summed E-state index contributed by atoms with van der Waals surface area (Å²) in [4.78, 5) is 63.7. The summed E-state index contributed by atoms with van der Waals surface area (Å²) in [5.74, 6) is -3.19. The number of likely N-dealkylation sites (tertiary alicyclic amines) is 1. The highest BCUT2D eigenvalue weighted by Gasteiger charge is 2.45. The fourth-order valence-electron chi connectivity index (χ4n) is 5.51. The third kappa shape index (κ3) is 8.32. The molecule has 1 aliphatic heterocycles. The van der Waals surface area contributed by atoms with Crippen LogP contribution in [0.2, 0.25) is 5.02 Å². The van der Waals surface area contributed by atoms with E-state index in [4.69, 9.17) is 16.3 Å². The molecule has 3 atom stereocenters. The van der Waals surface area contributed by atoms with Gasteiger partial charge < -0.3 is 30.7 Å². The van der Waals surface area contributed by atoms with Gasteiger partial charge in [0.05, 0.1) is 24.0 Å². The van der Waals surface area contributed by atoms with Crippen molar-refractivity contribution in [3.8, 4) is 5.75 Å². The maximum atomic E-state index is 14.7. The maximum absolute atomic E-state index is 14.7. The van der Waals surface area contributed by atoms with Gasteiger partial charge in [0.1, 0.15) is 46.9 Å². The minimum absolute atomic E-state index is 0.136. The van der Waals surface area contributed by atoms with Crippen molar-refractivity contribution < 1.29 is 37.8 Å². The van der Waals surface area contributed by atoms with Crippen molar-refractivity contribution >= 4 is 63.5 Å². The van der Waals surface area contributed by atoms with Crippen LogP contribution in [-0.2, 0) is 14.4 Å². The number of hydrogen-bond donors (Lipinski definition) is 4. The van der Waals surface area contributed by atoms with Crippen LogP contribution in [0.3, 0.4) is 0 Å². The third-order valence-corrected chi connectivity index (χ3v) is 8.73. The molecule has 0 radical (unpaired) electrons. The number of likely N-dealkylation sites (N-methyl/N-ethyl adjacent to an activating group) is 1. The number of methoxy groups -OCH3 is 1. The Bertz CT molecular complexity index is 1810. The molecular formula is C34H42ClF2N7O6. The molecule has 1 fully saturated rings. The summed E-state index contributed by atoms with van der Waals surface area (Å²) in [5, 5.41) is 17.7. The van der Waals surface area contributed by atoms with Crippen LogP contribution in [-0.4, -0.2) is 87.5 Å². The molecule has 0 saturated carbocycles. The number of benzene rings is 2. The molecule has 13 nitrogen and oxygen atoms in total. The van der Waals surface area contributed by atoms with Crippen molar-refractivity contribution in [3.63, 3.8) is 0 Å². The second-order valence-electron chi connectivity index (χ2n) is 14.4. The van der Waals surface area contributed by atoms with Crippen molar-refractivity contribution in [3.05, 3.63) is 47.2 Å². The minimum atomic E-state index is -1.28. The lowest BCUT2D eigenvalue weighted by Gasteiger charge is -2.44. The SMILES string of the molecule is COc1cc2ncnc(Nc3ccc(F)c(Cl)c3F)c2cc1NC(=O)[C@@H]1CCN1C(=O)[C@@H](NC(=O)[C@H](CC(C)(C)C)N(C)C(=O)O)C(C)(C)C. The normalized spacial score (nSPS) is 15.8. The molecular weight excluding hydrogens is 676 g/mol. The smallest absolute Gasteiger partial charge is 0.407 e. The van der Waals surface area contributed by atoms with E-state index in [1.807, 2.05) is 20.8 Å². The van der Waals surface area contributed by atoms with Gasteiger partial charge in [0.2, 0.25) is 17.7 Å². The van der Waals surface area contributed by atoms with E-state index in [0.29, 0.717) is 17.3 Å². The Morgan fingerprint density at radius 3 is 2.34 bits per heavy atom. The van der Waals surface area contributed by atoms with E-state index >= 15 is 0 Å². The largest absolute Gasteiger partial charge is 0.494 e. The number of ether oxygens (including phenoxy) is 1. The monoisotopic (exact) mass is 717 g/mol. The quantitative estimate of drug-likeness (QED) is 0.190. The number of nitrogens with zero attached hydrogens (tertiary/aromatic N) is 4. The number of anilines is 3. The molecule has 2 heterocycles. The van der Waals surface area contributed by atoms with Gasteiger partial charge in [-0.2, -0.15) is 0 Å². The van der Waals surface area contributed by atoms with E-state index in [-0.39, 0.29) is 35.9 Å². The average molecular weight is 718 g/mol. The molecule has 0 aliphatic carbocycles. The van der Waals surface area contributed by atoms with Gasteiger partial charge in [-0.05, 0) is 41.9 Å². The Labute approximate surface area is 293 Å². The summed E-state index contributed by atoms with van der Waals surface area (Å²) in [6, 6.07) is 2.22. The molecule has 0 spiro atoms. The Hall–Kier alpha value is -4.79. The highest BCUT2D eigenvalue weighted by molar-refractivity contribution is 6.31. The second-order valence-corrected chi connectivity index (χ2v) is 14.8. The molecule has 4 rings (SSSR count). The predicted octanol–water partition coefficient (Wildman–Crippen LogP) is 5.80. The first kappa shape index (κ1) is 38.0. The Balaban J connectivity index is 1.58. The van der Waals surface area contributed by atoms with Crippen LogP contribution < -0.4 is 20.7 Å². The second kappa shape index (κ2) is 14.6. The third-order valence-electron chi connectivity index (χ3n) is 8.39. The molecule has 270 valence electrons. The zero-order valence-corrected chi connectivity index (χ0v) is 29.9. The van der Waals surface area contributed by atoms with Gasteiger partial charge in [0, 0.05) is 25.0 Å². The lowest BCUT2D eigenvalue weighted by molar-refractivity contribution is -0.151. The highest BCUT2D eigenvalue weighted by Crippen LogP contribution is 2.36. The summed E-state index contributed by atoms with van der Waals surface area (Å²) in [6.45, 7) is 11.2. The van der Waals surface area contributed by atoms with E-state index in [0.717, 1.165) is 11.0 Å². The van der Waals surface area contributed by atoms with Crippen molar-refractivity contribution in [1.29, 1.82) is 0 Å². The molecule has 0 bridgehead atoms. The van der Waals surface area contributed by atoms with Crippen molar-refractivity contribution in [1.82, 2.24) is 25.1 Å². The van der Waals surface area contributed by atoms with Crippen LogP contribution in [0.5, 0.6) is 5.75 Å². The van der Waals surface area contributed by atoms with Crippen LogP contribution in [0, 0.1) is 22.5 Å². The van der Waals surface area contributed by atoms with Crippen LogP contribution in [0.1, 0.15) is 54.4 Å². The van der Waals surface area contributed by atoms with Gasteiger partial charge in [-0.3, -0.25) is 19.3 Å². The van der Waals surface area contributed by atoms with Gasteiger partial charge in [-0.15, -0.1) is 0 Å². The first-order valence-electron chi connectivity index (χ1n) is 15.8. The van der Waals surface area contributed by atoms with Gasteiger partial charge >= 0.3 is 6.09 Å². The fourth-order valence-corrected chi connectivity index (χ4v) is 5.68. The van der Waals surface area contributed by atoms with Crippen molar-refractivity contribution in [2.75, 3.05) is 31.3 Å². The standard InChI is InChI=1S/C34H42ClF2N7O6/c1-33(2,3)15-23(43(7)32(48)49)30(46)42-27(34(4,5)6)31(47)44-12-11-22(44)29(45)41-21-13-17-20(14-24(21)50-8)38-16-39-28(17)40-19-10-9-18(36)25(35)26(19)37/h9-10,13-14,16,22-23,27H,11-12,15H2,1-8H3,(H,41,45)(H,42,46)(H,48,49)(H,38,39,40)/t22-,23-,27+/m0/s1. The lowest BCUT2D eigenvalue weighted by atomic mass is 9.83. The van der Waals surface area contributed by atoms with E-state index in [1.54, 1.807) is 26.8 Å². The summed E-state index contributed by atoms with van der Waals surface area (Å²) in [5.41, 5.74) is -0.737. The molecule has 1 aromatic heterocycles. The van der Waals surface area contributed by atoms with Gasteiger partial charge in [-0.25, -0.2) is 23.5 Å². The van der Waals surface area contributed by atoms with E-state index in [9.17, 15) is 33.1 Å². The summed E-state index contributed by atoms with van der Waals surface area (Å²) in [6.07, 6.45) is 0.508. The van der Waals surface area contributed by atoms with E-state index < -0.39 is 69.4 Å². The number of carbonyl (C=O) groups excluding carboxylic acids is 3. The number of aromatic nitrogens is 2. The molecule has 16 heteroatoms. The Kier molecular flexibility index (Phi) is 11.1. The lowest BCUT2D eigenvalue weighted by Crippen LogP contribution is -2.65. The molecule has 4 N–H and O–H groups in total. The zero-order chi connectivity index (χ0) is 37.3. The molecule has 0 unspecified atom stereocenters. The van der Waals surface area contributed by atoms with Crippen LogP contribution in [0.15, 0.2) is 30.6 Å². The van der Waals surface area contributed by atoms with Crippen LogP contribution in [0.25, 0.3) is 10.9 Å². The number of carboxylic acid groups (broad SMARTS) is 1. The molecule has 1 aliphatic rings. The van der Waals surface area contributed by atoms with Crippen molar-refractivity contribution in [2.24, 2.45) is 10.8 Å². The number of halogens is 3. The number of rotatable bonds is 10. The van der Waals surface area contributed by atoms with E-state index in [1.165, 1.54) is 37.5 Å². The number of fused-ring (bicyclic) bond motifs is 1.